The van der Waals surface area contributed by atoms with Gasteiger partial charge in [0.1, 0.15) is 6.54 Å². The predicted octanol–water partition coefficient (Wildman–Crippen LogP) is 2.94. The monoisotopic (exact) mass is 369 g/mol. The van der Waals surface area contributed by atoms with Crippen molar-refractivity contribution in [2.24, 2.45) is 0 Å². The van der Waals surface area contributed by atoms with Crippen LogP contribution in [0, 0.1) is 10.1 Å². The number of halogens is 2. The molecule has 8 heteroatoms. The van der Waals surface area contributed by atoms with Gasteiger partial charge in [-0.3, -0.25) is 10.1 Å². The average Bonchev–Trinajstić information content (AvgIpc) is 2.99. The van der Waals surface area contributed by atoms with Gasteiger partial charge in [-0.05, 0) is 23.8 Å². The molecule has 2 aromatic carbocycles. The van der Waals surface area contributed by atoms with Gasteiger partial charge in [0.25, 0.3) is 5.69 Å². The average molecular weight is 370 g/mol. The highest BCUT2D eigenvalue weighted by Gasteiger charge is 2.23. The number of hydrogen-bond acceptors (Lipinski definition) is 4. The van der Waals surface area contributed by atoms with Gasteiger partial charge in [0.15, 0.2) is 11.5 Å². The third kappa shape index (κ3) is 3.72. The van der Waals surface area contributed by atoms with Crippen LogP contribution < -0.4 is 14.8 Å². The number of hydrogen-bond donors (Lipinski definition) is 1. The number of nitrogens with zero attached hydrogens (tertiary/aromatic N) is 1. The van der Waals surface area contributed by atoms with Crippen LogP contribution >= 0.6 is 23.2 Å². The second kappa shape index (κ2) is 7.25. The number of ether oxygens (including phenoxy) is 2. The molecule has 0 aromatic heterocycles. The molecule has 0 unspecified atom stereocenters. The van der Waals surface area contributed by atoms with Gasteiger partial charge in [-0.1, -0.05) is 29.3 Å². The molecule has 0 fully saturated rings. The largest absolute Gasteiger partial charge is 0.454 e. The first-order valence-corrected chi connectivity index (χ1v) is 8.12. The van der Waals surface area contributed by atoms with Gasteiger partial charge in [0, 0.05) is 16.5 Å². The summed E-state index contributed by atoms with van der Waals surface area (Å²) in [7, 11) is 0. The van der Waals surface area contributed by atoms with E-state index in [1.165, 1.54) is 6.07 Å². The summed E-state index contributed by atoms with van der Waals surface area (Å²) in [5.41, 5.74) is 1.64. The first kappa shape index (κ1) is 16.8. The van der Waals surface area contributed by atoms with E-state index in [0.717, 1.165) is 18.5 Å². The van der Waals surface area contributed by atoms with Crippen molar-refractivity contribution in [1.82, 2.24) is 0 Å². The Kier molecular flexibility index (Phi) is 5.08. The van der Waals surface area contributed by atoms with Crippen molar-refractivity contribution in [3.8, 4) is 11.5 Å². The standard InChI is InChI=1S/C16H14Cl2N2O4/c17-12-2-1-10(13(18)6-12)3-4-19-8-11-5-15-16(24-9-23-15)7-14(11)20(21)22/h1-2,5-7,19H,3-4,8-9H2/p+1. The maximum absolute atomic E-state index is 11.2. The molecule has 3 rings (SSSR count). The van der Waals surface area contributed by atoms with Gasteiger partial charge in [-0.2, -0.15) is 0 Å². The van der Waals surface area contributed by atoms with E-state index in [1.807, 2.05) is 11.4 Å². The van der Waals surface area contributed by atoms with E-state index in [0.29, 0.717) is 33.7 Å². The fourth-order valence-electron chi connectivity index (χ4n) is 2.55. The Morgan fingerprint density at radius 2 is 1.88 bits per heavy atom. The van der Waals surface area contributed by atoms with Gasteiger partial charge < -0.3 is 14.8 Å². The highest BCUT2D eigenvalue weighted by Crippen LogP contribution is 2.37. The summed E-state index contributed by atoms with van der Waals surface area (Å²) in [5.74, 6) is 0.961. The van der Waals surface area contributed by atoms with Crippen LogP contribution in [0.1, 0.15) is 11.1 Å². The molecular weight excluding hydrogens is 355 g/mol. The van der Waals surface area contributed by atoms with Crippen molar-refractivity contribution in [2.45, 2.75) is 13.0 Å². The van der Waals surface area contributed by atoms with E-state index >= 15 is 0 Å². The summed E-state index contributed by atoms with van der Waals surface area (Å²) in [6.45, 7) is 1.31. The number of nitrogens with two attached hydrogens (primary N) is 1. The zero-order valence-electron chi connectivity index (χ0n) is 12.6. The first-order chi connectivity index (χ1) is 11.5. The fourth-order valence-corrected chi connectivity index (χ4v) is 3.05. The normalized spacial score (nSPS) is 12.4. The molecule has 2 N–H and O–H groups in total. The van der Waals surface area contributed by atoms with Gasteiger partial charge >= 0.3 is 0 Å². The summed E-state index contributed by atoms with van der Waals surface area (Å²) in [5, 5.41) is 14.4. The van der Waals surface area contributed by atoms with E-state index < -0.39 is 4.92 Å². The van der Waals surface area contributed by atoms with Crippen LogP contribution in [0.25, 0.3) is 0 Å². The molecule has 1 aliphatic rings. The lowest BCUT2D eigenvalue weighted by Crippen LogP contribution is -2.83. The molecule has 126 valence electrons. The minimum absolute atomic E-state index is 0.0417. The highest BCUT2D eigenvalue weighted by molar-refractivity contribution is 6.35. The molecule has 0 saturated carbocycles. The highest BCUT2D eigenvalue weighted by atomic mass is 35.5. The summed E-state index contributed by atoms with van der Waals surface area (Å²) < 4.78 is 10.5. The van der Waals surface area contributed by atoms with Crippen molar-refractivity contribution < 1.29 is 19.7 Å². The number of nitro groups is 1. The van der Waals surface area contributed by atoms with Crippen LogP contribution in [0.2, 0.25) is 10.0 Å². The molecule has 0 saturated heterocycles. The SMILES string of the molecule is O=[N+]([O-])c1cc2c(cc1C[NH2+]CCc1ccc(Cl)cc1Cl)OCO2. The van der Waals surface area contributed by atoms with Crippen molar-refractivity contribution in [1.29, 1.82) is 0 Å². The molecule has 6 nitrogen and oxygen atoms in total. The first-order valence-electron chi connectivity index (χ1n) is 7.37. The van der Waals surface area contributed by atoms with Crippen LogP contribution in [0.15, 0.2) is 30.3 Å². The van der Waals surface area contributed by atoms with E-state index in [2.05, 4.69) is 0 Å². The second-order valence-corrected chi connectivity index (χ2v) is 6.20. The lowest BCUT2D eigenvalue weighted by atomic mass is 10.1. The van der Waals surface area contributed by atoms with E-state index in [1.54, 1.807) is 18.2 Å². The van der Waals surface area contributed by atoms with Crippen LogP contribution in [-0.4, -0.2) is 18.3 Å². The third-order valence-corrected chi connectivity index (χ3v) is 4.35. The summed E-state index contributed by atoms with van der Waals surface area (Å²) in [4.78, 5) is 10.8. The van der Waals surface area contributed by atoms with Crippen LogP contribution in [0.5, 0.6) is 11.5 Å². The smallest absolute Gasteiger partial charge is 0.282 e. The molecule has 0 atom stereocenters. The molecule has 0 aliphatic carbocycles. The van der Waals surface area contributed by atoms with E-state index in [4.69, 9.17) is 32.7 Å². The Morgan fingerprint density at radius 3 is 2.58 bits per heavy atom. The molecule has 2 aromatic rings. The maximum atomic E-state index is 11.2. The zero-order valence-corrected chi connectivity index (χ0v) is 14.1. The molecule has 0 radical (unpaired) electrons. The minimum atomic E-state index is -0.402. The topological polar surface area (TPSA) is 78.2 Å². The number of quaternary nitrogens is 1. The number of nitro benzene ring substituents is 1. The third-order valence-electron chi connectivity index (χ3n) is 3.77. The second-order valence-electron chi connectivity index (χ2n) is 5.36. The summed E-state index contributed by atoms with van der Waals surface area (Å²) in [6.07, 6.45) is 0.744. The van der Waals surface area contributed by atoms with E-state index in [-0.39, 0.29) is 12.5 Å². The molecule has 1 aliphatic heterocycles. The molecule has 1 heterocycles. The Hall–Kier alpha value is -2.02. The molecule has 0 spiro atoms. The number of benzene rings is 2. The quantitative estimate of drug-likeness (QED) is 0.482. The Bertz CT molecular complexity index is 783. The maximum Gasteiger partial charge on any atom is 0.282 e. The molecule has 24 heavy (non-hydrogen) atoms. The van der Waals surface area contributed by atoms with Crippen LogP contribution in [-0.2, 0) is 13.0 Å². The van der Waals surface area contributed by atoms with Crippen LogP contribution in [0.4, 0.5) is 5.69 Å². The Balaban J connectivity index is 1.63. The van der Waals surface area contributed by atoms with Gasteiger partial charge in [-0.25, -0.2) is 0 Å². The van der Waals surface area contributed by atoms with Gasteiger partial charge in [-0.15, -0.1) is 0 Å². The van der Waals surface area contributed by atoms with Crippen molar-refractivity contribution in [2.75, 3.05) is 13.3 Å². The Labute approximate surface area is 148 Å². The molecular formula is C16H15Cl2N2O4+. The van der Waals surface area contributed by atoms with Crippen molar-refractivity contribution in [3.63, 3.8) is 0 Å². The lowest BCUT2D eigenvalue weighted by Gasteiger charge is -2.06. The van der Waals surface area contributed by atoms with Crippen LogP contribution in [0.3, 0.4) is 0 Å². The van der Waals surface area contributed by atoms with Gasteiger partial charge in [0.2, 0.25) is 6.79 Å². The number of fused-ring (bicyclic) bond motifs is 1. The van der Waals surface area contributed by atoms with Crippen molar-refractivity contribution in [3.05, 3.63) is 61.6 Å². The number of rotatable bonds is 6. The van der Waals surface area contributed by atoms with Gasteiger partial charge in [0.05, 0.1) is 23.1 Å². The minimum Gasteiger partial charge on any atom is -0.454 e. The lowest BCUT2D eigenvalue weighted by molar-refractivity contribution is -0.670. The predicted molar refractivity (Wildman–Crippen MR) is 89.9 cm³/mol. The molecule has 0 amide bonds. The summed E-state index contributed by atoms with van der Waals surface area (Å²) >= 11 is 12.0. The Morgan fingerprint density at radius 1 is 1.12 bits per heavy atom. The van der Waals surface area contributed by atoms with E-state index in [9.17, 15) is 10.1 Å². The molecule has 0 bridgehead atoms. The van der Waals surface area contributed by atoms with Crippen molar-refractivity contribution >= 4 is 28.9 Å². The summed E-state index contributed by atoms with van der Waals surface area (Å²) in [6, 6.07) is 8.49. The fraction of sp³-hybridized carbons (Fsp3) is 0.250. The zero-order chi connectivity index (χ0) is 17.1.